The lowest BCUT2D eigenvalue weighted by molar-refractivity contribution is 0.487. The molecule has 0 radical (unpaired) electrons. The standard InChI is InChI=1S/C59H84N2S/c1-7-8-9-10-11-12-13-14-15-16-17-18-19-20-21-22-23-24-25-33-47-61-54-42-32-30-40-52(54)59(4,5)56(61)46-44-49-36-34-35-48(57(49)62-50-37-27-26-28-38-50)43-45-55-58(2,3)51-39-29-31-41-53(51)60(55)6/h26-32,37-46,55H,7-25,33-36,47H2,1-6H3/b45-43+,49-44+,56-46+. The van der Waals surface area contributed by atoms with Crippen molar-refractivity contribution in [2.24, 2.45) is 0 Å². The minimum atomic E-state index is -0.0390. The van der Waals surface area contributed by atoms with Crippen molar-refractivity contribution in [3.8, 4) is 0 Å². The predicted octanol–water partition coefficient (Wildman–Crippen LogP) is 18.0. The molecule has 6 rings (SSSR count). The highest BCUT2D eigenvalue weighted by Crippen LogP contribution is 2.49. The molecule has 0 spiro atoms. The number of para-hydroxylation sites is 2. The average molecular weight is 853 g/mol. The Balaban J connectivity index is 1.03. The van der Waals surface area contributed by atoms with Gasteiger partial charge in [-0.3, -0.25) is 0 Å². The van der Waals surface area contributed by atoms with Crippen LogP contribution in [0.15, 0.2) is 130 Å². The quantitative estimate of drug-likeness (QED) is 0.0743. The minimum absolute atomic E-state index is 0.0390. The topological polar surface area (TPSA) is 6.48 Å². The first-order valence-corrected chi connectivity index (χ1v) is 26.3. The zero-order valence-electron chi connectivity index (χ0n) is 40.2. The number of hydrogen-bond donors (Lipinski definition) is 0. The first-order chi connectivity index (χ1) is 30.2. The Kier molecular flexibility index (Phi) is 19.0. The molecule has 0 aromatic heterocycles. The summed E-state index contributed by atoms with van der Waals surface area (Å²) < 4.78 is 0. The van der Waals surface area contributed by atoms with E-state index in [4.69, 9.17) is 0 Å². The molecule has 1 aliphatic carbocycles. The molecule has 3 heteroatoms. The third-order valence-electron chi connectivity index (χ3n) is 14.5. The zero-order valence-corrected chi connectivity index (χ0v) is 41.0. The van der Waals surface area contributed by atoms with Crippen LogP contribution in [0.3, 0.4) is 0 Å². The summed E-state index contributed by atoms with van der Waals surface area (Å²) in [4.78, 5) is 7.92. The Morgan fingerprint density at radius 1 is 0.581 bits per heavy atom. The van der Waals surface area contributed by atoms with Crippen molar-refractivity contribution in [1.82, 2.24) is 0 Å². The van der Waals surface area contributed by atoms with E-state index in [9.17, 15) is 0 Å². The molecule has 1 unspecified atom stereocenters. The molecule has 0 saturated heterocycles. The van der Waals surface area contributed by atoms with Crippen LogP contribution in [0.1, 0.15) is 193 Å². The summed E-state index contributed by atoms with van der Waals surface area (Å²) in [6.07, 6.45) is 41.8. The van der Waals surface area contributed by atoms with Crippen LogP contribution in [0.2, 0.25) is 0 Å². The fourth-order valence-electron chi connectivity index (χ4n) is 10.7. The van der Waals surface area contributed by atoms with Crippen molar-refractivity contribution in [3.05, 3.63) is 136 Å². The highest BCUT2D eigenvalue weighted by Gasteiger charge is 2.42. The second-order valence-corrected chi connectivity index (χ2v) is 21.1. The van der Waals surface area contributed by atoms with Crippen LogP contribution in [0.25, 0.3) is 0 Å². The first kappa shape index (κ1) is 48.0. The van der Waals surface area contributed by atoms with Gasteiger partial charge in [0.25, 0.3) is 0 Å². The molecule has 0 saturated carbocycles. The van der Waals surface area contributed by atoms with Gasteiger partial charge in [0.1, 0.15) is 0 Å². The predicted molar refractivity (Wildman–Crippen MR) is 275 cm³/mol. The molecule has 0 N–H and O–H groups in total. The van der Waals surface area contributed by atoms with Crippen molar-refractivity contribution in [3.63, 3.8) is 0 Å². The normalized spacial score (nSPS) is 19.4. The Morgan fingerprint density at radius 2 is 1.10 bits per heavy atom. The van der Waals surface area contributed by atoms with E-state index in [0.29, 0.717) is 6.04 Å². The summed E-state index contributed by atoms with van der Waals surface area (Å²) >= 11 is 1.96. The van der Waals surface area contributed by atoms with Gasteiger partial charge in [-0.05, 0) is 78.3 Å². The lowest BCUT2D eigenvalue weighted by atomic mass is 9.80. The highest BCUT2D eigenvalue weighted by atomic mass is 32.2. The Labute approximate surface area is 384 Å². The summed E-state index contributed by atoms with van der Waals surface area (Å²) in [6.45, 7) is 13.1. The summed E-state index contributed by atoms with van der Waals surface area (Å²) in [7, 11) is 2.27. The molecule has 336 valence electrons. The summed E-state index contributed by atoms with van der Waals surface area (Å²) in [5, 5.41) is 0. The maximum atomic E-state index is 2.67. The van der Waals surface area contributed by atoms with Crippen molar-refractivity contribution < 1.29 is 0 Å². The van der Waals surface area contributed by atoms with Crippen LogP contribution in [-0.2, 0) is 10.8 Å². The first-order valence-electron chi connectivity index (χ1n) is 25.5. The third kappa shape index (κ3) is 12.9. The number of allylic oxidation sites excluding steroid dienone is 6. The zero-order chi connectivity index (χ0) is 43.6. The van der Waals surface area contributed by atoms with Gasteiger partial charge >= 0.3 is 0 Å². The van der Waals surface area contributed by atoms with Crippen molar-refractivity contribution >= 4 is 23.1 Å². The van der Waals surface area contributed by atoms with Gasteiger partial charge in [-0.1, -0.05) is 241 Å². The largest absolute Gasteiger partial charge is 0.367 e. The van der Waals surface area contributed by atoms with Gasteiger partial charge in [0.15, 0.2) is 0 Å². The number of thioether (sulfide) groups is 1. The molecular formula is C59H84N2S. The summed E-state index contributed by atoms with van der Waals surface area (Å²) in [5.41, 5.74) is 10.1. The van der Waals surface area contributed by atoms with E-state index in [1.807, 2.05) is 11.8 Å². The number of likely N-dealkylation sites (N-methyl/N-ethyl adjacent to an activating group) is 1. The van der Waals surface area contributed by atoms with E-state index in [1.165, 1.54) is 184 Å². The van der Waals surface area contributed by atoms with Gasteiger partial charge in [0.2, 0.25) is 0 Å². The SMILES string of the molecule is CCCCCCCCCCCCCCCCCCCCCCN1/C(=C/C=C2\CCCC(/C=C/C3N(C)c4ccccc4C3(C)C)=C2Sc2ccccc2)C(C)(C)c2ccccc21. The molecule has 2 nitrogen and oxygen atoms in total. The molecule has 2 heterocycles. The van der Waals surface area contributed by atoms with Crippen LogP contribution < -0.4 is 9.80 Å². The van der Waals surface area contributed by atoms with Gasteiger partial charge in [-0.2, -0.15) is 0 Å². The maximum Gasteiger partial charge on any atom is 0.0565 e. The molecule has 0 fully saturated rings. The minimum Gasteiger partial charge on any atom is -0.367 e. The molecule has 3 aromatic carbocycles. The molecule has 1 atom stereocenters. The van der Waals surface area contributed by atoms with Gasteiger partial charge in [0, 0.05) is 51.3 Å². The van der Waals surface area contributed by atoms with Crippen molar-refractivity contribution in [1.29, 1.82) is 0 Å². The summed E-state index contributed by atoms with van der Waals surface area (Å²) in [6, 6.07) is 29.5. The molecule has 0 amide bonds. The van der Waals surface area contributed by atoms with E-state index in [2.05, 4.69) is 155 Å². The number of fused-ring (bicyclic) bond motifs is 2. The fraction of sp³-hybridized carbons (Fsp3) is 0.559. The number of hydrogen-bond acceptors (Lipinski definition) is 3. The third-order valence-corrected chi connectivity index (χ3v) is 15.8. The number of nitrogens with zero attached hydrogens (tertiary/aromatic N) is 2. The van der Waals surface area contributed by atoms with Crippen LogP contribution in [0.5, 0.6) is 0 Å². The summed E-state index contributed by atoms with van der Waals surface area (Å²) in [5.74, 6) is 0. The lowest BCUT2D eigenvalue weighted by Crippen LogP contribution is -2.37. The monoisotopic (exact) mass is 853 g/mol. The Bertz CT molecular complexity index is 1930. The Morgan fingerprint density at radius 3 is 1.68 bits per heavy atom. The number of rotatable bonds is 26. The van der Waals surface area contributed by atoms with Gasteiger partial charge in [-0.15, -0.1) is 0 Å². The molecule has 3 aromatic rings. The van der Waals surface area contributed by atoms with Crippen LogP contribution in [0, 0.1) is 0 Å². The van der Waals surface area contributed by atoms with E-state index >= 15 is 0 Å². The van der Waals surface area contributed by atoms with Gasteiger partial charge in [0.05, 0.1) is 6.04 Å². The number of benzene rings is 3. The molecule has 2 aliphatic heterocycles. The average Bonchev–Trinajstić information content (AvgIpc) is 3.62. The second-order valence-electron chi connectivity index (χ2n) is 20.0. The van der Waals surface area contributed by atoms with Crippen LogP contribution in [-0.4, -0.2) is 19.6 Å². The van der Waals surface area contributed by atoms with E-state index in [1.54, 1.807) is 0 Å². The van der Waals surface area contributed by atoms with Gasteiger partial charge < -0.3 is 9.80 Å². The second kappa shape index (κ2) is 24.6. The van der Waals surface area contributed by atoms with Crippen molar-refractivity contribution in [2.45, 2.75) is 204 Å². The smallest absolute Gasteiger partial charge is 0.0565 e. The van der Waals surface area contributed by atoms with E-state index < -0.39 is 0 Å². The van der Waals surface area contributed by atoms with Crippen molar-refractivity contribution in [2.75, 3.05) is 23.4 Å². The Hall–Kier alpha value is -3.43. The number of anilines is 2. The van der Waals surface area contributed by atoms with Crippen LogP contribution >= 0.6 is 11.8 Å². The molecule has 0 bridgehead atoms. The van der Waals surface area contributed by atoms with Crippen LogP contribution in [0.4, 0.5) is 11.4 Å². The lowest BCUT2D eigenvalue weighted by Gasteiger charge is -2.30. The number of unbranched alkanes of at least 4 members (excludes halogenated alkanes) is 19. The maximum absolute atomic E-state index is 2.67. The van der Waals surface area contributed by atoms with E-state index in [0.717, 1.165) is 19.4 Å². The van der Waals surface area contributed by atoms with Gasteiger partial charge in [-0.25, -0.2) is 0 Å². The molecule has 3 aliphatic rings. The molecular weight excluding hydrogens is 769 g/mol. The molecule has 62 heavy (non-hydrogen) atoms. The highest BCUT2D eigenvalue weighted by molar-refractivity contribution is 8.03. The van der Waals surface area contributed by atoms with E-state index in [-0.39, 0.29) is 10.8 Å². The fourth-order valence-corrected chi connectivity index (χ4v) is 11.9.